The third-order valence-corrected chi connectivity index (χ3v) is 7.82. The molecule has 182 valence electrons. The molecule has 0 saturated heterocycles. The number of aromatic nitrogens is 2. The van der Waals surface area contributed by atoms with Crippen molar-refractivity contribution >= 4 is 65.6 Å². The topological polar surface area (TPSA) is 44.1 Å². The first-order valence-corrected chi connectivity index (χ1v) is 13.1. The second kappa shape index (κ2) is 7.59. The minimum Gasteiger partial charge on any atom is -0.456 e. The predicted octanol–water partition coefficient (Wildman–Crippen LogP) is 9.64. The summed E-state index contributed by atoms with van der Waals surface area (Å²) in [5, 5.41) is 6.76. The van der Waals surface area contributed by atoms with Gasteiger partial charge in [-0.1, -0.05) is 84.9 Å². The molecule has 6 aromatic carbocycles. The molecule has 0 atom stereocenters. The molecule has 0 unspecified atom stereocenters. The summed E-state index contributed by atoms with van der Waals surface area (Å²) in [7, 11) is 0. The highest BCUT2D eigenvalue weighted by Gasteiger charge is 2.22. The van der Waals surface area contributed by atoms with E-state index in [1.54, 1.807) is 0 Å². The molecule has 0 saturated carbocycles. The number of fused-ring (bicyclic) bond motifs is 9. The minimum absolute atomic E-state index is 0.545. The van der Waals surface area contributed by atoms with Gasteiger partial charge in [-0.25, -0.2) is 0 Å². The van der Waals surface area contributed by atoms with Crippen molar-refractivity contribution in [1.82, 2.24) is 9.55 Å². The molecule has 4 heteroatoms. The van der Waals surface area contributed by atoms with Gasteiger partial charge in [-0.05, 0) is 58.3 Å². The van der Waals surface area contributed by atoms with E-state index >= 15 is 0 Å². The third kappa shape index (κ3) is 2.85. The standard InChI is InChI=1S/C35H20N2O2/c1-2-9-21(10-3-1)24-14-8-15-27-32(24)26-19-22-11-4-5-12-23(22)20-28(26)37(27)35-36-34-31(39-35)18-17-30-33(34)25-13-6-7-16-29(25)38-30/h1-20H. The molecule has 39 heavy (non-hydrogen) atoms. The predicted molar refractivity (Wildman–Crippen MR) is 159 cm³/mol. The van der Waals surface area contributed by atoms with E-state index in [9.17, 15) is 0 Å². The molecule has 4 nitrogen and oxygen atoms in total. The molecule has 0 fully saturated rings. The number of para-hydroxylation sites is 1. The molecule has 0 aliphatic rings. The fourth-order valence-electron chi connectivity index (χ4n) is 6.10. The third-order valence-electron chi connectivity index (χ3n) is 7.82. The average molecular weight is 501 g/mol. The molecule has 9 rings (SSSR count). The second-order valence-electron chi connectivity index (χ2n) is 10.00. The molecule has 0 radical (unpaired) electrons. The van der Waals surface area contributed by atoms with Crippen molar-refractivity contribution in [2.45, 2.75) is 0 Å². The number of furan rings is 1. The molecule has 0 aliphatic carbocycles. The number of hydrogen-bond acceptors (Lipinski definition) is 3. The molecular formula is C35H20N2O2. The Hall–Kier alpha value is -5.35. The van der Waals surface area contributed by atoms with Crippen molar-refractivity contribution in [3.8, 4) is 17.1 Å². The van der Waals surface area contributed by atoms with E-state index < -0.39 is 0 Å². The van der Waals surface area contributed by atoms with E-state index in [1.807, 2.05) is 30.3 Å². The van der Waals surface area contributed by atoms with Gasteiger partial charge in [0.05, 0.1) is 16.4 Å². The Bertz CT molecular complexity index is 2390. The molecule has 9 aromatic rings. The second-order valence-corrected chi connectivity index (χ2v) is 10.00. The van der Waals surface area contributed by atoms with Crippen molar-refractivity contribution < 1.29 is 8.83 Å². The Morgan fingerprint density at radius 2 is 1.28 bits per heavy atom. The van der Waals surface area contributed by atoms with Crippen molar-refractivity contribution in [2.75, 3.05) is 0 Å². The zero-order valence-electron chi connectivity index (χ0n) is 20.8. The summed E-state index contributed by atoms with van der Waals surface area (Å²) in [4.78, 5) is 5.12. The van der Waals surface area contributed by atoms with E-state index in [2.05, 4.69) is 95.6 Å². The maximum absolute atomic E-state index is 6.52. The summed E-state index contributed by atoms with van der Waals surface area (Å²) in [6.45, 7) is 0. The summed E-state index contributed by atoms with van der Waals surface area (Å²) >= 11 is 0. The van der Waals surface area contributed by atoms with Crippen LogP contribution in [-0.4, -0.2) is 9.55 Å². The van der Waals surface area contributed by atoms with Gasteiger partial charge in [-0.3, -0.25) is 4.57 Å². The lowest BCUT2D eigenvalue weighted by atomic mass is 9.98. The molecular weight excluding hydrogens is 480 g/mol. The Morgan fingerprint density at radius 1 is 0.513 bits per heavy atom. The largest absolute Gasteiger partial charge is 0.456 e. The van der Waals surface area contributed by atoms with Crippen LogP contribution in [0.4, 0.5) is 0 Å². The molecule has 0 aliphatic heterocycles. The van der Waals surface area contributed by atoms with Crippen LogP contribution in [0.1, 0.15) is 0 Å². The van der Waals surface area contributed by atoms with E-state index in [0.29, 0.717) is 6.01 Å². The van der Waals surface area contributed by atoms with Crippen LogP contribution in [0.2, 0.25) is 0 Å². The van der Waals surface area contributed by atoms with Crippen LogP contribution in [0.15, 0.2) is 130 Å². The lowest BCUT2D eigenvalue weighted by Gasteiger charge is -2.05. The van der Waals surface area contributed by atoms with Crippen molar-refractivity contribution in [3.05, 3.63) is 121 Å². The van der Waals surface area contributed by atoms with E-state index in [0.717, 1.165) is 44.1 Å². The fraction of sp³-hybridized carbons (Fsp3) is 0. The van der Waals surface area contributed by atoms with Gasteiger partial charge in [0, 0.05) is 16.2 Å². The maximum atomic E-state index is 6.52. The van der Waals surface area contributed by atoms with Gasteiger partial charge in [0.15, 0.2) is 5.58 Å². The highest BCUT2D eigenvalue weighted by molar-refractivity contribution is 6.19. The number of benzene rings is 6. The number of oxazole rings is 1. The Morgan fingerprint density at radius 3 is 2.18 bits per heavy atom. The maximum Gasteiger partial charge on any atom is 0.307 e. The van der Waals surface area contributed by atoms with Gasteiger partial charge in [0.1, 0.15) is 16.7 Å². The smallest absolute Gasteiger partial charge is 0.307 e. The molecule has 0 bridgehead atoms. The lowest BCUT2D eigenvalue weighted by molar-refractivity contribution is 0.574. The number of rotatable bonds is 2. The van der Waals surface area contributed by atoms with Crippen LogP contribution in [0.5, 0.6) is 0 Å². The summed E-state index contributed by atoms with van der Waals surface area (Å²) in [6.07, 6.45) is 0. The van der Waals surface area contributed by atoms with Gasteiger partial charge in [0.2, 0.25) is 0 Å². The van der Waals surface area contributed by atoms with E-state index in [-0.39, 0.29) is 0 Å². The van der Waals surface area contributed by atoms with Gasteiger partial charge >= 0.3 is 6.01 Å². The zero-order valence-corrected chi connectivity index (χ0v) is 20.8. The van der Waals surface area contributed by atoms with Crippen LogP contribution in [0.3, 0.4) is 0 Å². The minimum atomic E-state index is 0.545. The Balaban J connectivity index is 1.43. The van der Waals surface area contributed by atoms with Gasteiger partial charge in [0.25, 0.3) is 0 Å². The zero-order chi connectivity index (χ0) is 25.5. The highest BCUT2D eigenvalue weighted by Crippen LogP contribution is 2.41. The van der Waals surface area contributed by atoms with Crippen LogP contribution < -0.4 is 0 Å². The van der Waals surface area contributed by atoms with Crippen molar-refractivity contribution in [2.24, 2.45) is 0 Å². The van der Waals surface area contributed by atoms with E-state index in [4.69, 9.17) is 13.8 Å². The number of nitrogens with zero attached hydrogens (tertiary/aromatic N) is 2. The van der Waals surface area contributed by atoms with Crippen LogP contribution in [0, 0.1) is 0 Å². The fourth-order valence-corrected chi connectivity index (χ4v) is 6.10. The highest BCUT2D eigenvalue weighted by atomic mass is 16.4. The Labute approximate surface area is 222 Å². The molecule has 0 spiro atoms. The summed E-state index contributed by atoms with van der Waals surface area (Å²) in [6, 6.07) is 42.6. The van der Waals surface area contributed by atoms with Crippen molar-refractivity contribution in [1.29, 1.82) is 0 Å². The van der Waals surface area contributed by atoms with Gasteiger partial charge < -0.3 is 8.83 Å². The van der Waals surface area contributed by atoms with Crippen molar-refractivity contribution in [3.63, 3.8) is 0 Å². The molecule has 0 amide bonds. The monoisotopic (exact) mass is 500 g/mol. The SMILES string of the molecule is c1ccc(-c2cccc3c2c2cc4ccccc4cc2n3-c2nc3c(ccc4oc5ccccc5c43)o2)cc1. The van der Waals surface area contributed by atoms with Crippen LogP contribution in [-0.2, 0) is 0 Å². The van der Waals surface area contributed by atoms with Crippen LogP contribution in [0.25, 0.3) is 82.8 Å². The van der Waals surface area contributed by atoms with Crippen LogP contribution >= 0.6 is 0 Å². The summed E-state index contributed by atoms with van der Waals surface area (Å²) < 4.78 is 14.8. The molecule has 0 N–H and O–H groups in total. The van der Waals surface area contributed by atoms with Gasteiger partial charge in [-0.2, -0.15) is 4.98 Å². The average Bonchev–Trinajstić information content (AvgIpc) is 3.67. The van der Waals surface area contributed by atoms with Gasteiger partial charge in [-0.15, -0.1) is 0 Å². The first kappa shape index (κ1) is 20.7. The normalized spacial score (nSPS) is 12.1. The first-order valence-electron chi connectivity index (χ1n) is 13.1. The lowest BCUT2D eigenvalue weighted by Crippen LogP contribution is -1.94. The first-order chi connectivity index (χ1) is 19.3. The summed E-state index contributed by atoms with van der Waals surface area (Å²) in [5.74, 6) is 0. The number of hydrogen-bond donors (Lipinski definition) is 0. The molecule has 3 aromatic heterocycles. The quantitative estimate of drug-likeness (QED) is 0.237. The Kier molecular flexibility index (Phi) is 4.02. The summed E-state index contributed by atoms with van der Waals surface area (Å²) in [5.41, 5.74) is 7.68. The van der Waals surface area contributed by atoms with E-state index in [1.165, 1.54) is 32.7 Å². The molecule has 3 heterocycles.